The van der Waals surface area contributed by atoms with Crippen molar-refractivity contribution in [3.8, 4) is 0 Å². The monoisotopic (exact) mass is 410 g/mol. The van der Waals surface area contributed by atoms with E-state index in [1.54, 1.807) is 21.3 Å². The van der Waals surface area contributed by atoms with E-state index in [0.717, 1.165) is 25.7 Å². The lowest BCUT2D eigenvalue weighted by Gasteiger charge is -2.48. The first kappa shape index (κ1) is 25.5. The van der Waals surface area contributed by atoms with E-state index in [4.69, 9.17) is 22.1 Å². The standard InChI is InChI=1S/C17H42O5Si3/c1-12-15-16(21-23(7,8)9)24(10,11)22-17(13-2,14-3)25(18-4,19-5)20-6/h16H,12-15H2,1-11H3. The van der Waals surface area contributed by atoms with E-state index in [0.29, 0.717) is 0 Å². The molecule has 0 spiro atoms. The maximum Gasteiger partial charge on any atom is 0.532 e. The van der Waals surface area contributed by atoms with Gasteiger partial charge in [0.1, 0.15) is 5.22 Å². The Bertz CT molecular complexity index is 369. The molecule has 5 nitrogen and oxygen atoms in total. The van der Waals surface area contributed by atoms with Crippen molar-refractivity contribution in [1.29, 1.82) is 0 Å². The molecule has 0 amide bonds. The fraction of sp³-hybridized carbons (Fsp3) is 1.00. The Labute approximate surface area is 159 Å². The predicted octanol–water partition coefficient (Wildman–Crippen LogP) is 4.74. The summed E-state index contributed by atoms with van der Waals surface area (Å²) in [6, 6.07) is 0. The van der Waals surface area contributed by atoms with E-state index in [-0.39, 0.29) is 5.73 Å². The molecule has 0 fully saturated rings. The highest BCUT2D eigenvalue weighted by atomic mass is 28.4. The molecular weight excluding hydrogens is 368 g/mol. The third-order valence-electron chi connectivity index (χ3n) is 4.79. The predicted molar refractivity (Wildman–Crippen MR) is 112 cm³/mol. The number of hydrogen-bond donors (Lipinski definition) is 0. The van der Waals surface area contributed by atoms with Crippen molar-refractivity contribution in [2.45, 2.75) is 90.1 Å². The van der Waals surface area contributed by atoms with Crippen LogP contribution in [-0.2, 0) is 22.1 Å². The molecule has 0 aliphatic heterocycles. The van der Waals surface area contributed by atoms with E-state index >= 15 is 0 Å². The normalized spacial score (nSPS) is 15.5. The van der Waals surface area contributed by atoms with Gasteiger partial charge in [-0.2, -0.15) is 0 Å². The summed E-state index contributed by atoms with van der Waals surface area (Å²) < 4.78 is 31.0. The van der Waals surface area contributed by atoms with Gasteiger partial charge in [0.15, 0.2) is 8.32 Å². The molecular formula is C17H42O5Si3. The molecule has 0 bridgehead atoms. The highest BCUT2D eigenvalue weighted by Gasteiger charge is 2.61. The average molecular weight is 411 g/mol. The van der Waals surface area contributed by atoms with Gasteiger partial charge in [-0.25, -0.2) is 0 Å². The van der Waals surface area contributed by atoms with Crippen LogP contribution in [0, 0.1) is 0 Å². The van der Waals surface area contributed by atoms with Gasteiger partial charge in [-0.1, -0.05) is 27.2 Å². The molecule has 0 aromatic carbocycles. The Balaban J connectivity index is 5.86. The summed E-state index contributed by atoms with van der Waals surface area (Å²) in [7, 11) is -1.82. The molecule has 0 aliphatic rings. The fourth-order valence-electron chi connectivity index (χ4n) is 3.50. The Kier molecular flexibility index (Phi) is 10.3. The molecule has 0 radical (unpaired) electrons. The van der Waals surface area contributed by atoms with E-state index in [1.165, 1.54) is 0 Å². The first-order valence-corrected chi connectivity index (χ1v) is 17.6. The van der Waals surface area contributed by atoms with Gasteiger partial charge in [-0.15, -0.1) is 0 Å². The molecule has 0 aromatic heterocycles. The van der Waals surface area contributed by atoms with Crippen LogP contribution < -0.4 is 0 Å². The number of hydrogen-bond acceptors (Lipinski definition) is 5. The van der Waals surface area contributed by atoms with Crippen LogP contribution in [0.15, 0.2) is 0 Å². The number of rotatable bonds is 13. The summed E-state index contributed by atoms with van der Waals surface area (Å²) in [5, 5.41) is -0.546. The van der Waals surface area contributed by atoms with Crippen molar-refractivity contribution in [3.05, 3.63) is 0 Å². The summed E-state index contributed by atoms with van der Waals surface area (Å²) in [6.45, 7) is 17.7. The van der Waals surface area contributed by atoms with Crippen molar-refractivity contribution in [2.24, 2.45) is 0 Å². The zero-order valence-electron chi connectivity index (χ0n) is 18.4. The molecule has 0 rings (SSSR count). The van der Waals surface area contributed by atoms with E-state index < -0.39 is 30.7 Å². The maximum absolute atomic E-state index is 6.95. The van der Waals surface area contributed by atoms with Gasteiger partial charge in [0.2, 0.25) is 8.32 Å². The lowest BCUT2D eigenvalue weighted by atomic mass is 10.2. The Morgan fingerprint density at radius 1 is 0.800 bits per heavy atom. The Morgan fingerprint density at radius 3 is 1.52 bits per heavy atom. The van der Waals surface area contributed by atoms with Crippen molar-refractivity contribution in [1.82, 2.24) is 0 Å². The zero-order valence-corrected chi connectivity index (χ0v) is 21.4. The minimum Gasteiger partial charge on any atom is -0.415 e. The van der Waals surface area contributed by atoms with Gasteiger partial charge >= 0.3 is 8.80 Å². The molecule has 0 aliphatic carbocycles. The molecule has 1 atom stereocenters. The molecule has 0 saturated carbocycles. The molecule has 25 heavy (non-hydrogen) atoms. The maximum atomic E-state index is 6.95. The van der Waals surface area contributed by atoms with Crippen LogP contribution >= 0.6 is 0 Å². The molecule has 8 heteroatoms. The highest BCUT2D eigenvalue weighted by Crippen LogP contribution is 2.38. The van der Waals surface area contributed by atoms with Gasteiger partial charge < -0.3 is 22.1 Å². The van der Waals surface area contributed by atoms with Gasteiger partial charge in [-0.05, 0) is 52.0 Å². The SMILES string of the molecule is CCCC(O[Si](C)(C)C)[Si](C)(C)OC(CC)(CC)[Si](OC)(OC)OC. The van der Waals surface area contributed by atoms with Crippen molar-refractivity contribution in [3.63, 3.8) is 0 Å². The smallest absolute Gasteiger partial charge is 0.415 e. The quantitative estimate of drug-likeness (QED) is 0.410. The van der Waals surface area contributed by atoms with Crippen molar-refractivity contribution < 1.29 is 22.1 Å². The minimum absolute atomic E-state index is 0.166. The van der Waals surface area contributed by atoms with Gasteiger partial charge in [0.25, 0.3) is 0 Å². The van der Waals surface area contributed by atoms with Crippen LogP contribution in [0.3, 0.4) is 0 Å². The first-order chi connectivity index (χ1) is 11.4. The van der Waals surface area contributed by atoms with Crippen LogP contribution in [0.1, 0.15) is 46.5 Å². The summed E-state index contributed by atoms with van der Waals surface area (Å²) in [5.74, 6) is 0. The summed E-state index contributed by atoms with van der Waals surface area (Å²) >= 11 is 0. The molecule has 0 N–H and O–H groups in total. The molecule has 152 valence electrons. The minimum atomic E-state index is -2.97. The summed E-state index contributed by atoms with van der Waals surface area (Å²) in [5.41, 5.74) is 0.166. The van der Waals surface area contributed by atoms with E-state index in [1.807, 2.05) is 0 Å². The molecule has 0 saturated heterocycles. The third-order valence-corrected chi connectivity index (χ3v) is 12.6. The van der Waals surface area contributed by atoms with Gasteiger partial charge in [-0.3, -0.25) is 0 Å². The van der Waals surface area contributed by atoms with Crippen molar-refractivity contribution in [2.75, 3.05) is 21.3 Å². The second-order valence-corrected chi connectivity index (χ2v) is 19.8. The second-order valence-electron chi connectivity index (χ2n) is 8.08. The lowest BCUT2D eigenvalue weighted by molar-refractivity contribution is -0.00484. The molecule has 0 aromatic rings. The lowest BCUT2D eigenvalue weighted by Crippen LogP contribution is -2.69. The van der Waals surface area contributed by atoms with Crippen LogP contribution in [-0.4, -0.2) is 57.7 Å². The van der Waals surface area contributed by atoms with Crippen LogP contribution in [0.5, 0.6) is 0 Å². The zero-order chi connectivity index (χ0) is 19.9. The first-order valence-electron chi connectivity index (χ1n) is 9.46. The van der Waals surface area contributed by atoms with Gasteiger partial charge in [0.05, 0.1) is 5.73 Å². The third kappa shape index (κ3) is 6.24. The van der Waals surface area contributed by atoms with Crippen LogP contribution in [0.25, 0.3) is 0 Å². The van der Waals surface area contributed by atoms with E-state index in [2.05, 4.69) is 53.5 Å². The topological polar surface area (TPSA) is 46.2 Å². The Hall–Kier alpha value is 0.451. The second kappa shape index (κ2) is 10.1. The molecule has 1 unspecified atom stereocenters. The summed E-state index contributed by atoms with van der Waals surface area (Å²) in [4.78, 5) is 0. The highest BCUT2D eigenvalue weighted by molar-refractivity contribution is 6.76. The van der Waals surface area contributed by atoms with Crippen molar-refractivity contribution >= 4 is 25.4 Å². The van der Waals surface area contributed by atoms with Crippen LogP contribution in [0.4, 0.5) is 0 Å². The molecule has 0 heterocycles. The largest absolute Gasteiger partial charge is 0.532 e. The summed E-state index contributed by atoms with van der Waals surface area (Å²) in [6.07, 6.45) is 3.68. The van der Waals surface area contributed by atoms with Crippen LogP contribution in [0.2, 0.25) is 32.7 Å². The van der Waals surface area contributed by atoms with E-state index in [9.17, 15) is 0 Å². The average Bonchev–Trinajstić information content (AvgIpc) is 2.54. The Morgan fingerprint density at radius 2 is 1.24 bits per heavy atom. The fourth-order valence-corrected chi connectivity index (χ4v) is 12.9. The van der Waals surface area contributed by atoms with Gasteiger partial charge in [0, 0.05) is 21.3 Å².